The highest BCUT2D eigenvalue weighted by Gasteiger charge is 2.22. The summed E-state index contributed by atoms with van der Waals surface area (Å²) in [5.74, 6) is 0.968. The number of aryl methyl sites for hydroxylation is 3. The monoisotopic (exact) mass is 309 g/mol. The number of rotatable bonds is 5. The van der Waals surface area contributed by atoms with E-state index in [0.717, 1.165) is 35.2 Å². The number of nitrogens with one attached hydrogen (secondary N) is 1. The van der Waals surface area contributed by atoms with Crippen molar-refractivity contribution in [2.24, 2.45) is 0 Å². The summed E-state index contributed by atoms with van der Waals surface area (Å²) in [5, 5.41) is 4.87. The molecule has 20 heavy (non-hydrogen) atoms. The summed E-state index contributed by atoms with van der Waals surface area (Å²) in [6, 6.07) is 6.27. The smallest absolute Gasteiger partial charge is 0.203 e. The first-order valence-corrected chi connectivity index (χ1v) is 7.61. The number of halogens is 2. The third kappa shape index (κ3) is 3.28. The maximum absolute atomic E-state index is 6.21. The number of anilines is 1. The number of hydrogen-bond acceptors (Lipinski definition) is 2. The van der Waals surface area contributed by atoms with E-state index in [-0.39, 0.29) is 0 Å². The minimum absolute atomic E-state index is 0.606. The van der Waals surface area contributed by atoms with E-state index in [1.54, 1.807) is 6.07 Å². The second-order valence-corrected chi connectivity index (χ2v) is 6.15. The summed E-state index contributed by atoms with van der Waals surface area (Å²) in [5.41, 5.74) is 2.15. The maximum Gasteiger partial charge on any atom is 0.203 e. The van der Waals surface area contributed by atoms with E-state index in [1.165, 1.54) is 12.8 Å². The van der Waals surface area contributed by atoms with E-state index in [0.29, 0.717) is 11.1 Å². The predicted octanol–water partition coefficient (Wildman–Crippen LogP) is 4.32. The van der Waals surface area contributed by atoms with Gasteiger partial charge < -0.3 is 9.88 Å². The molecule has 0 unspecified atom stereocenters. The molecule has 1 N–H and O–H groups in total. The standard InChI is InChI=1S/C15H17Cl2N3/c1-10-9-20(15(18-10)19-13-4-5-13)7-6-11-2-3-12(16)8-14(11)17/h2-3,8-9,13H,4-7H2,1H3,(H,18,19). The van der Waals surface area contributed by atoms with Crippen molar-refractivity contribution in [2.45, 2.75) is 38.8 Å². The van der Waals surface area contributed by atoms with Crippen LogP contribution in [-0.2, 0) is 13.0 Å². The van der Waals surface area contributed by atoms with Gasteiger partial charge in [-0.25, -0.2) is 4.98 Å². The van der Waals surface area contributed by atoms with Crippen molar-refractivity contribution in [1.82, 2.24) is 9.55 Å². The Bertz CT molecular complexity index is 618. The molecule has 0 amide bonds. The minimum atomic E-state index is 0.606. The fraction of sp³-hybridized carbons (Fsp3) is 0.400. The highest BCUT2D eigenvalue weighted by Crippen LogP contribution is 2.25. The summed E-state index contributed by atoms with van der Waals surface area (Å²) in [7, 11) is 0. The van der Waals surface area contributed by atoms with Crippen LogP contribution < -0.4 is 5.32 Å². The normalized spacial score (nSPS) is 14.6. The second kappa shape index (κ2) is 5.66. The molecule has 2 aromatic rings. The molecule has 0 aliphatic heterocycles. The Hall–Kier alpha value is -1.19. The van der Waals surface area contributed by atoms with Crippen LogP contribution in [0.4, 0.5) is 5.95 Å². The zero-order valence-corrected chi connectivity index (χ0v) is 12.9. The lowest BCUT2D eigenvalue weighted by molar-refractivity contribution is 0.698. The Balaban J connectivity index is 1.70. The number of hydrogen-bond donors (Lipinski definition) is 1. The second-order valence-electron chi connectivity index (χ2n) is 5.30. The van der Waals surface area contributed by atoms with Crippen LogP contribution >= 0.6 is 23.2 Å². The summed E-state index contributed by atoms with van der Waals surface area (Å²) < 4.78 is 2.17. The van der Waals surface area contributed by atoms with Gasteiger partial charge in [-0.1, -0.05) is 29.3 Å². The number of benzene rings is 1. The molecule has 1 aliphatic carbocycles. The molecule has 0 radical (unpaired) electrons. The number of aromatic nitrogens is 2. The summed E-state index contributed by atoms with van der Waals surface area (Å²) >= 11 is 12.1. The zero-order chi connectivity index (χ0) is 14.1. The van der Waals surface area contributed by atoms with Crippen molar-refractivity contribution in [3.63, 3.8) is 0 Å². The van der Waals surface area contributed by atoms with Gasteiger partial charge in [0.1, 0.15) is 0 Å². The molecule has 1 aromatic carbocycles. The third-order valence-corrected chi connectivity index (χ3v) is 4.03. The zero-order valence-electron chi connectivity index (χ0n) is 11.4. The Morgan fingerprint density at radius 3 is 2.85 bits per heavy atom. The van der Waals surface area contributed by atoms with E-state index in [1.807, 2.05) is 19.1 Å². The van der Waals surface area contributed by atoms with Crippen LogP contribution in [0.1, 0.15) is 24.1 Å². The summed E-state index contributed by atoms with van der Waals surface area (Å²) in [4.78, 5) is 4.54. The van der Waals surface area contributed by atoms with Crippen LogP contribution in [0.15, 0.2) is 24.4 Å². The van der Waals surface area contributed by atoms with Gasteiger partial charge in [0.25, 0.3) is 0 Å². The number of imidazole rings is 1. The first kappa shape index (κ1) is 13.8. The lowest BCUT2D eigenvalue weighted by Crippen LogP contribution is -2.10. The van der Waals surface area contributed by atoms with Crippen molar-refractivity contribution < 1.29 is 0 Å². The largest absolute Gasteiger partial charge is 0.353 e. The molecular formula is C15H17Cl2N3. The Morgan fingerprint density at radius 1 is 1.35 bits per heavy atom. The van der Waals surface area contributed by atoms with Gasteiger partial charge in [0, 0.05) is 28.8 Å². The molecule has 1 heterocycles. The minimum Gasteiger partial charge on any atom is -0.353 e. The van der Waals surface area contributed by atoms with Crippen molar-refractivity contribution in [1.29, 1.82) is 0 Å². The van der Waals surface area contributed by atoms with Gasteiger partial charge in [0.2, 0.25) is 5.95 Å². The fourth-order valence-electron chi connectivity index (χ4n) is 2.21. The van der Waals surface area contributed by atoms with Crippen molar-refractivity contribution in [2.75, 3.05) is 5.32 Å². The van der Waals surface area contributed by atoms with Crippen molar-refractivity contribution in [3.05, 3.63) is 45.7 Å². The molecule has 3 nitrogen and oxygen atoms in total. The summed E-state index contributed by atoms with van der Waals surface area (Å²) in [6.07, 6.45) is 5.43. The molecule has 3 rings (SSSR count). The third-order valence-electron chi connectivity index (χ3n) is 3.44. The van der Waals surface area contributed by atoms with Gasteiger partial charge in [-0.3, -0.25) is 0 Å². The van der Waals surface area contributed by atoms with Crippen molar-refractivity contribution >= 4 is 29.2 Å². The summed E-state index contributed by atoms with van der Waals surface area (Å²) in [6.45, 7) is 2.88. The fourth-order valence-corrected chi connectivity index (χ4v) is 2.71. The first-order valence-electron chi connectivity index (χ1n) is 6.86. The van der Waals surface area contributed by atoms with Gasteiger partial charge in [-0.2, -0.15) is 0 Å². The highest BCUT2D eigenvalue weighted by atomic mass is 35.5. The molecule has 106 valence electrons. The van der Waals surface area contributed by atoms with Crippen LogP contribution in [-0.4, -0.2) is 15.6 Å². The van der Waals surface area contributed by atoms with Crippen LogP contribution in [0.25, 0.3) is 0 Å². The van der Waals surface area contributed by atoms with Gasteiger partial charge in [0.15, 0.2) is 0 Å². The molecule has 0 atom stereocenters. The van der Waals surface area contributed by atoms with Crippen molar-refractivity contribution in [3.8, 4) is 0 Å². The molecule has 5 heteroatoms. The predicted molar refractivity (Wildman–Crippen MR) is 83.8 cm³/mol. The molecule has 0 spiro atoms. The van der Waals surface area contributed by atoms with Gasteiger partial charge >= 0.3 is 0 Å². The van der Waals surface area contributed by atoms with Crippen LogP contribution in [0.2, 0.25) is 10.0 Å². The number of nitrogens with zero attached hydrogens (tertiary/aromatic N) is 2. The van der Waals surface area contributed by atoms with Gasteiger partial charge in [-0.15, -0.1) is 0 Å². The maximum atomic E-state index is 6.21. The first-order chi connectivity index (χ1) is 9.61. The molecule has 0 bridgehead atoms. The van der Waals surface area contributed by atoms with Crippen LogP contribution in [0.5, 0.6) is 0 Å². The molecule has 1 aliphatic rings. The van der Waals surface area contributed by atoms with E-state index < -0.39 is 0 Å². The molecule has 1 saturated carbocycles. The van der Waals surface area contributed by atoms with Gasteiger partial charge in [-0.05, 0) is 43.9 Å². The topological polar surface area (TPSA) is 29.9 Å². The lowest BCUT2D eigenvalue weighted by atomic mass is 10.1. The molecule has 0 saturated heterocycles. The van der Waals surface area contributed by atoms with Crippen LogP contribution in [0.3, 0.4) is 0 Å². The average Bonchev–Trinajstić information content (AvgIpc) is 3.12. The average molecular weight is 310 g/mol. The SMILES string of the molecule is Cc1cn(CCc2ccc(Cl)cc2Cl)c(NC2CC2)n1. The molecule has 1 aromatic heterocycles. The van der Waals surface area contributed by atoms with E-state index in [2.05, 4.69) is 21.1 Å². The highest BCUT2D eigenvalue weighted by molar-refractivity contribution is 6.35. The Labute approximate surface area is 128 Å². The quantitative estimate of drug-likeness (QED) is 0.891. The Morgan fingerprint density at radius 2 is 2.15 bits per heavy atom. The Kier molecular flexibility index (Phi) is 3.90. The molecular weight excluding hydrogens is 293 g/mol. The van der Waals surface area contributed by atoms with E-state index in [9.17, 15) is 0 Å². The van der Waals surface area contributed by atoms with Crippen LogP contribution in [0, 0.1) is 6.92 Å². The van der Waals surface area contributed by atoms with E-state index >= 15 is 0 Å². The van der Waals surface area contributed by atoms with E-state index in [4.69, 9.17) is 23.2 Å². The van der Waals surface area contributed by atoms with Gasteiger partial charge in [0.05, 0.1) is 5.69 Å². The lowest BCUT2D eigenvalue weighted by Gasteiger charge is -2.10. The molecule has 1 fully saturated rings.